The van der Waals surface area contributed by atoms with Crippen molar-refractivity contribution in [3.63, 3.8) is 0 Å². The second kappa shape index (κ2) is 4.61. The van der Waals surface area contributed by atoms with E-state index in [9.17, 15) is 9.90 Å². The summed E-state index contributed by atoms with van der Waals surface area (Å²) in [5.74, 6) is -0.960. The molecule has 0 aromatic carbocycles. The predicted molar refractivity (Wildman–Crippen MR) is 60.2 cm³/mol. The number of nitrogens with zero attached hydrogens (tertiary/aromatic N) is 2. The van der Waals surface area contributed by atoms with E-state index in [1.54, 1.807) is 18.5 Å². The van der Waals surface area contributed by atoms with Crippen molar-refractivity contribution in [2.75, 3.05) is 20.1 Å². The van der Waals surface area contributed by atoms with E-state index in [-0.39, 0.29) is 5.92 Å². The van der Waals surface area contributed by atoms with E-state index in [0.29, 0.717) is 0 Å². The lowest BCUT2D eigenvalue weighted by Crippen LogP contribution is -2.24. The second-order valence-corrected chi connectivity index (χ2v) is 4.41. The molecule has 1 aromatic heterocycles. The molecule has 1 aliphatic rings. The van der Waals surface area contributed by atoms with Crippen LogP contribution in [0.5, 0.6) is 0 Å². The van der Waals surface area contributed by atoms with Crippen LogP contribution in [-0.4, -0.2) is 41.1 Å². The molecule has 2 unspecified atom stereocenters. The molecule has 1 aliphatic heterocycles. The van der Waals surface area contributed by atoms with Crippen LogP contribution in [0.15, 0.2) is 24.5 Å². The van der Waals surface area contributed by atoms with Gasteiger partial charge in [0.15, 0.2) is 0 Å². The molecule has 0 aliphatic carbocycles. The van der Waals surface area contributed by atoms with E-state index >= 15 is 0 Å². The summed E-state index contributed by atoms with van der Waals surface area (Å²) >= 11 is 0. The van der Waals surface area contributed by atoms with Crippen molar-refractivity contribution in [1.29, 1.82) is 0 Å². The van der Waals surface area contributed by atoms with Crippen LogP contribution in [-0.2, 0) is 4.79 Å². The number of aromatic nitrogens is 1. The quantitative estimate of drug-likeness (QED) is 0.831. The van der Waals surface area contributed by atoms with Crippen LogP contribution in [0.4, 0.5) is 0 Å². The Bertz CT molecular complexity index is 367. The number of hydrogen-bond acceptors (Lipinski definition) is 3. The zero-order chi connectivity index (χ0) is 11.5. The van der Waals surface area contributed by atoms with E-state index < -0.39 is 11.9 Å². The van der Waals surface area contributed by atoms with E-state index in [4.69, 9.17) is 0 Å². The highest BCUT2D eigenvalue weighted by Crippen LogP contribution is 2.31. The van der Waals surface area contributed by atoms with Crippen LogP contribution < -0.4 is 0 Å². The zero-order valence-corrected chi connectivity index (χ0v) is 9.34. The van der Waals surface area contributed by atoms with E-state index in [1.165, 1.54) is 0 Å². The molecule has 1 N–H and O–H groups in total. The maximum atomic E-state index is 11.3. The molecule has 0 saturated carbocycles. The van der Waals surface area contributed by atoms with Crippen molar-refractivity contribution in [2.24, 2.45) is 5.92 Å². The van der Waals surface area contributed by atoms with Crippen LogP contribution in [0.1, 0.15) is 17.9 Å². The van der Waals surface area contributed by atoms with Gasteiger partial charge in [-0.05, 0) is 37.6 Å². The first-order valence-electron chi connectivity index (χ1n) is 5.49. The van der Waals surface area contributed by atoms with Crippen LogP contribution in [0.25, 0.3) is 0 Å². The summed E-state index contributed by atoms with van der Waals surface area (Å²) in [4.78, 5) is 17.5. The van der Waals surface area contributed by atoms with Crippen molar-refractivity contribution in [3.05, 3.63) is 30.1 Å². The fourth-order valence-corrected chi connectivity index (χ4v) is 2.42. The van der Waals surface area contributed by atoms with Crippen molar-refractivity contribution in [2.45, 2.75) is 12.3 Å². The summed E-state index contributed by atoms with van der Waals surface area (Å²) in [7, 11) is 2.03. The Hall–Kier alpha value is -1.42. The minimum Gasteiger partial charge on any atom is -0.481 e. The van der Waals surface area contributed by atoms with Crippen molar-refractivity contribution < 1.29 is 9.90 Å². The summed E-state index contributed by atoms with van der Waals surface area (Å²) in [5.41, 5.74) is 0.815. The predicted octanol–water partition coefficient (Wildman–Crippen LogP) is 1.20. The minimum atomic E-state index is -0.742. The Labute approximate surface area is 94.9 Å². The molecule has 1 fully saturated rings. The molecule has 1 aromatic rings. The molecule has 2 rings (SSSR count). The van der Waals surface area contributed by atoms with Gasteiger partial charge in [-0.15, -0.1) is 0 Å². The van der Waals surface area contributed by atoms with Gasteiger partial charge in [-0.1, -0.05) is 6.07 Å². The lowest BCUT2D eigenvalue weighted by atomic mass is 9.86. The van der Waals surface area contributed by atoms with Crippen molar-refractivity contribution in [3.8, 4) is 0 Å². The van der Waals surface area contributed by atoms with Gasteiger partial charge in [-0.3, -0.25) is 9.78 Å². The largest absolute Gasteiger partial charge is 0.481 e. The monoisotopic (exact) mass is 220 g/mol. The third kappa shape index (κ3) is 2.22. The van der Waals surface area contributed by atoms with Crippen LogP contribution in [0.2, 0.25) is 0 Å². The second-order valence-electron chi connectivity index (χ2n) is 4.41. The van der Waals surface area contributed by atoms with Crippen molar-refractivity contribution >= 4 is 5.97 Å². The molecule has 16 heavy (non-hydrogen) atoms. The van der Waals surface area contributed by atoms with Gasteiger partial charge in [-0.25, -0.2) is 0 Å². The fourth-order valence-electron chi connectivity index (χ4n) is 2.42. The molecule has 0 radical (unpaired) electrons. The smallest absolute Gasteiger partial charge is 0.311 e. The average Bonchev–Trinajstić information content (AvgIpc) is 2.66. The number of carboxylic acids is 1. The highest BCUT2D eigenvalue weighted by molar-refractivity contribution is 5.76. The number of likely N-dealkylation sites (tertiary alicyclic amines) is 1. The molecule has 2 atom stereocenters. The zero-order valence-electron chi connectivity index (χ0n) is 9.34. The first-order chi connectivity index (χ1) is 7.68. The number of rotatable bonds is 3. The van der Waals surface area contributed by atoms with Gasteiger partial charge in [0, 0.05) is 18.9 Å². The summed E-state index contributed by atoms with van der Waals surface area (Å²) in [6, 6.07) is 3.65. The molecule has 0 bridgehead atoms. The number of hydrogen-bond donors (Lipinski definition) is 1. The van der Waals surface area contributed by atoms with Gasteiger partial charge < -0.3 is 10.0 Å². The lowest BCUT2D eigenvalue weighted by Gasteiger charge is -2.19. The Morgan fingerprint density at radius 1 is 1.69 bits per heavy atom. The van der Waals surface area contributed by atoms with Gasteiger partial charge in [-0.2, -0.15) is 0 Å². The van der Waals surface area contributed by atoms with Gasteiger partial charge in [0.25, 0.3) is 0 Å². The SMILES string of the molecule is CN1CCC(C(C(=O)O)c2cccnc2)C1. The van der Waals surface area contributed by atoms with Gasteiger partial charge in [0.05, 0.1) is 5.92 Å². The van der Waals surface area contributed by atoms with Crippen LogP contribution >= 0.6 is 0 Å². The Balaban J connectivity index is 2.21. The number of carboxylic acid groups (broad SMARTS) is 1. The summed E-state index contributed by atoms with van der Waals surface area (Å²) < 4.78 is 0. The van der Waals surface area contributed by atoms with E-state index in [2.05, 4.69) is 9.88 Å². The minimum absolute atomic E-state index is 0.201. The lowest BCUT2D eigenvalue weighted by molar-refractivity contribution is -0.140. The average molecular weight is 220 g/mol. The molecule has 4 nitrogen and oxygen atoms in total. The van der Waals surface area contributed by atoms with Crippen LogP contribution in [0.3, 0.4) is 0 Å². The molecule has 1 saturated heterocycles. The van der Waals surface area contributed by atoms with E-state index in [1.807, 2.05) is 13.1 Å². The third-order valence-electron chi connectivity index (χ3n) is 3.21. The molecule has 86 valence electrons. The van der Waals surface area contributed by atoms with Gasteiger partial charge in [0.2, 0.25) is 0 Å². The topological polar surface area (TPSA) is 53.4 Å². The summed E-state index contributed by atoms with van der Waals surface area (Å²) in [6.45, 7) is 1.83. The molecule has 0 spiro atoms. The normalized spacial score (nSPS) is 23.2. The summed E-state index contributed by atoms with van der Waals surface area (Å²) in [6.07, 6.45) is 4.28. The maximum Gasteiger partial charge on any atom is 0.311 e. The standard InChI is InChI=1S/C12H16N2O2/c1-14-6-4-10(8-14)11(12(15)16)9-3-2-5-13-7-9/h2-3,5,7,10-11H,4,6,8H2,1H3,(H,15,16). The van der Waals surface area contributed by atoms with Crippen molar-refractivity contribution in [1.82, 2.24) is 9.88 Å². The highest BCUT2D eigenvalue weighted by Gasteiger charge is 2.33. The van der Waals surface area contributed by atoms with E-state index in [0.717, 1.165) is 25.1 Å². The summed E-state index contributed by atoms with van der Waals surface area (Å²) in [5, 5.41) is 9.33. The number of pyridine rings is 1. The Morgan fingerprint density at radius 2 is 2.50 bits per heavy atom. The Kier molecular flexibility index (Phi) is 3.19. The van der Waals surface area contributed by atoms with Gasteiger partial charge >= 0.3 is 5.97 Å². The third-order valence-corrected chi connectivity index (χ3v) is 3.21. The molecular weight excluding hydrogens is 204 g/mol. The molecule has 2 heterocycles. The molecule has 4 heteroatoms. The highest BCUT2D eigenvalue weighted by atomic mass is 16.4. The van der Waals surface area contributed by atoms with Gasteiger partial charge in [0.1, 0.15) is 0 Å². The first kappa shape index (κ1) is 11.1. The van der Waals surface area contributed by atoms with Crippen LogP contribution in [0, 0.1) is 5.92 Å². The molecular formula is C12H16N2O2. The first-order valence-corrected chi connectivity index (χ1v) is 5.49. The number of carbonyl (C=O) groups is 1. The number of aliphatic carboxylic acids is 1. The molecule has 0 amide bonds. The fraction of sp³-hybridized carbons (Fsp3) is 0.500. The Morgan fingerprint density at radius 3 is 3.00 bits per heavy atom. The maximum absolute atomic E-state index is 11.3.